The third-order valence-electron chi connectivity index (χ3n) is 13.0. The second-order valence-corrected chi connectivity index (χ2v) is 22.0. The molecule has 2 fully saturated rings. The highest BCUT2D eigenvalue weighted by Crippen LogP contribution is 2.49. The molecule has 73 heavy (non-hydrogen) atoms. The van der Waals surface area contributed by atoms with Crippen molar-refractivity contribution in [3.05, 3.63) is 48.6 Å². The second kappa shape index (κ2) is 38.2. The van der Waals surface area contributed by atoms with Crippen molar-refractivity contribution in [2.45, 2.75) is 236 Å². The van der Waals surface area contributed by atoms with Gasteiger partial charge in [0.15, 0.2) is 6.10 Å². The van der Waals surface area contributed by atoms with Gasteiger partial charge in [0.2, 0.25) is 0 Å². The molecule has 9 N–H and O–H groups in total. The number of phosphoric ester groups is 2. The number of Topliss-reactive ketones (excluding diaryl/α,β-unsaturated/α-hetero) is 1. The summed E-state index contributed by atoms with van der Waals surface area (Å²) < 4.78 is 52.3. The summed E-state index contributed by atoms with van der Waals surface area (Å²) in [6.07, 6.45) is 12.9. The third kappa shape index (κ3) is 29.6. The number of ether oxygens (including phenoxy) is 2. The molecule has 0 amide bonds. The Labute approximate surface area is 433 Å². The number of unbranched alkanes of at least 4 members (excludes halogenated alkanes) is 12. The van der Waals surface area contributed by atoms with Crippen molar-refractivity contribution in [1.82, 2.24) is 0 Å². The summed E-state index contributed by atoms with van der Waals surface area (Å²) in [6.45, 7) is 2.55. The SMILES string of the molecule is CCCCCC/C=C\C/C=C\C/C=C\CCCCCCCCC(=O)O[C@@H]1COC(=O)CCCCCC[C@@H]2[C@@H](O)[C@H](O)[C@@H](O)[C@H](OP(=O)(O)OC1)[C@H](OP(=O)(O)O)[C@H](O)[C@@H](/C=C/[C@@H](O)CCCCC)C(=O)C[C@@H]2O. The number of carbonyl (C=O) groups excluding carboxylic acids is 3. The number of fused-ring (bicyclic) bond motifs is 4. The molecule has 1 saturated heterocycles. The van der Waals surface area contributed by atoms with E-state index < -0.39 is 120 Å². The molecule has 2 bridgehead atoms. The molecule has 0 spiro atoms. The molecule has 2 rings (SSSR count). The second-order valence-electron chi connectivity index (χ2n) is 19.4. The van der Waals surface area contributed by atoms with Gasteiger partial charge in [-0.1, -0.05) is 146 Å². The first kappa shape index (κ1) is 66.7. The normalized spacial score (nSPS) is 29.6. The number of carbonyl (C=O) groups is 3. The van der Waals surface area contributed by atoms with Gasteiger partial charge in [-0.2, -0.15) is 0 Å². The minimum absolute atomic E-state index is 0.0453. The van der Waals surface area contributed by atoms with Crippen LogP contribution < -0.4 is 0 Å². The smallest absolute Gasteiger partial charge is 0.462 e. The molecule has 12 atom stereocenters. The maximum Gasteiger partial charge on any atom is 0.472 e. The molecule has 1 heterocycles. The first-order valence-corrected chi connectivity index (χ1v) is 29.8. The van der Waals surface area contributed by atoms with Gasteiger partial charge in [-0.25, -0.2) is 9.13 Å². The Bertz CT molecular complexity index is 1750. The van der Waals surface area contributed by atoms with Crippen LogP contribution in [0.3, 0.4) is 0 Å². The molecular formula is C52H90O19P2. The zero-order chi connectivity index (χ0) is 54.1. The molecule has 1 saturated carbocycles. The number of rotatable bonds is 27. The highest BCUT2D eigenvalue weighted by molar-refractivity contribution is 7.47. The van der Waals surface area contributed by atoms with E-state index in [4.69, 9.17) is 23.0 Å². The van der Waals surface area contributed by atoms with Gasteiger partial charge in [0.25, 0.3) is 0 Å². The maximum absolute atomic E-state index is 14.0. The number of allylic oxidation sites excluding steroid dienone is 6. The molecule has 0 aromatic carbocycles. The first-order chi connectivity index (χ1) is 34.8. The Morgan fingerprint density at radius 1 is 0.753 bits per heavy atom. The summed E-state index contributed by atoms with van der Waals surface area (Å²) in [6, 6.07) is 0. The minimum Gasteiger partial charge on any atom is -0.462 e. The van der Waals surface area contributed by atoms with Crippen LogP contribution in [-0.2, 0) is 46.6 Å². The summed E-state index contributed by atoms with van der Waals surface area (Å²) in [5, 5.41) is 68.3. The van der Waals surface area contributed by atoms with Crippen LogP contribution in [0, 0.1) is 11.8 Å². The third-order valence-corrected chi connectivity index (χ3v) is 14.5. The van der Waals surface area contributed by atoms with Gasteiger partial charge in [-0.15, -0.1) is 0 Å². The molecule has 1 unspecified atom stereocenters. The molecule has 0 aromatic rings. The molecule has 1 aliphatic carbocycles. The van der Waals surface area contributed by atoms with Gasteiger partial charge < -0.3 is 54.8 Å². The standard InChI is InChI=1S/C52H90O19P2/c1-3-5-7-8-9-10-11-12-13-14-15-16-17-18-19-20-21-22-23-29-33-46(57)69-40-37-67-45(56)32-28-25-24-27-31-41-43(54)36-44(55)42(35-34-39(53)30-26-6-4-2)48(59)51(70-72(62,63)64)52(50(61)49(60)47(41)58)71-73(65,66)68-38-40/h10-11,13-14,16-17,34-35,39-43,47-54,58-61H,3-9,12,15,18-33,36-38H2,1-2H3,(H,65,66)(H2,62,63,64)/b11-10-,14-13-,17-16-,35-34+/t39-,40+,41-,42-,43-,47+,48+,49-,50+,51+,52-/m0/s1. The lowest BCUT2D eigenvalue weighted by molar-refractivity contribution is -0.165. The first-order valence-electron chi connectivity index (χ1n) is 26.8. The number of hydrogen-bond donors (Lipinski definition) is 9. The van der Waals surface area contributed by atoms with E-state index in [-0.39, 0.29) is 32.1 Å². The Kier molecular flexibility index (Phi) is 34.8. The van der Waals surface area contributed by atoms with Crippen molar-refractivity contribution >= 4 is 33.4 Å². The van der Waals surface area contributed by atoms with Crippen LogP contribution in [0.25, 0.3) is 0 Å². The number of esters is 2. The van der Waals surface area contributed by atoms with Gasteiger partial charge in [0, 0.05) is 25.2 Å². The zero-order valence-corrected chi connectivity index (χ0v) is 45.1. The van der Waals surface area contributed by atoms with Crippen LogP contribution in [0.15, 0.2) is 48.6 Å². The van der Waals surface area contributed by atoms with E-state index in [1.807, 2.05) is 6.92 Å². The minimum atomic E-state index is -5.80. The van der Waals surface area contributed by atoms with Gasteiger partial charge >= 0.3 is 27.6 Å². The fraction of sp³-hybridized carbons (Fsp3) is 0.788. The monoisotopic (exact) mass is 1080 g/mol. The molecule has 21 heteroatoms. The van der Waals surface area contributed by atoms with Gasteiger partial charge in [0.1, 0.15) is 36.8 Å². The fourth-order valence-corrected chi connectivity index (χ4v) is 10.3. The molecule has 1 aliphatic heterocycles. The van der Waals surface area contributed by atoms with Crippen molar-refractivity contribution in [2.24, 2.45) is 11.8 Å². The fourth-order valence-electron chi connectivity index (χ4n) is 8.78. The summed E-state index contributed by atoms with van der Waals surface area (Å²) >= 11 is 0. The van der Waals surface area contributed by atoms with Crippen molar-refractivity contribution in [3.8, 4) is 0 Å². The van der Waals surface area contributed by atoms with Crippen molar-refractivity contribution < 1.29 is 91.9 Å². The highest BCUT2D eigenvalue weighted by atomic mass is 31.2. The maximum atomic E-state index is 14.0. The van der Waals surface area contributed by atoms with E-state index >= 15 is 0 Å². The molecule has 2 aliphatic rings. The summed E-state index contributed by atoms with van der Waals surface area (Å²) in [5.74, 6) is -5.66. The Morgan fingerprint density at radius 3 is 1.99 bits per heavy atom. The molecule has 19 nitrogen and oxygen atoms in total. The molecule has 0 aromatic heterocycles. The van der Waals surface area contributed by atoms with Crippen LogP contribution in [0.1, 0.15) is 181 Å². The summed E-state index contributed by atoms with van der Waals surface area (Å²) in [4.78, 5) is 70.9. The van der Waals surface area contributed by atoms with Crippen LogP contribution in [0.2, 0.25) is 0 Å². The van der Waals surface area contributed by atoms with Gasteiger partial charge in [-0.05, 0) is 64.2 Å². The number of phosphoric acid groups is 2. The Balaban J connectivity index is 2.21. The van der Waals surface area contributed by atoms with Crippen molar-refractivity contribution in [2.75, 3.05) is 13.2 Å². The number of aliphatic hydroxyl groups excluding tert-OH is 6. The molecule has 422 valence electrons. The lowest BCUT2D eigenvalue weighted by Crippen LogP contribution is -2.56. The van der Waals surface area contributed by atoms with Crippen molar-refractivity contribution in [1.29, 1.82) is 0 Å². The quantitative estimate of drug-likeness (QED) is 0.0164. The zero-order valence-electron chi connectivity index (χ0n) is 43.3. The highest BCUT2D eigenvalue weighted by Gasteiger charge is 2.51. The van der Waals surface area contributed by atoms with E-state index in [9.17, 15) is 68.8 Å². The van der Waals surface area contributed by atoms with E-state index in [2.05, 4.69) is 43.4 Å². The van der Waals surface area contributed by atoms with Crippen LogP contribution in [-0.4, -0.2) is 131 Å². The lowest BCUT2D eigenvalue weighted by Gasteiger charge is -2.38. The van der Waals surface area contributed by atoms with Gasteiger partial charge in [-0.3, -0.25) is 28.0 Å². The van der Waals surface area contributed by atoms with Crippen LogP contribution >= 0.6 is 15.6 Å². The Hall–Kier alpha value is -2.45. The summed E-state index contributed by atoms with van der Waals surface area (Å²) in [5.41, 5.74) is 0. The van der Waals surface area contributed by atoms with E-state index in [0.29, 0.717) is 38.5 Å². The Morgan fingerprint density at radius 2 is 1.34 bits per heavy atom. The van der Waals surface area contributed by atoms with E-state index in [1.165, 1.54) is 25.7 Å². The number of ketones is 1. The number of aliphatic hydroxyl groups is 6. The lowest BCUT2D eigenvalue weighted by atomic mass is 9.82. The number of hydrogen-bond acceptors (Lipinski definition) is 16. The van der Waals surface area contributed by atoms with Gasteiger partial charge in [0.05, 0.1) is 36.9 Å². The van der Waals surface area contributed by atoms with Crippen molar-refractivity contribution in [3.63, 3.8) is 0 Å². The largest absolute Gasteiger partial charge is 0.472 e. The summed E-state index contributed by atoms with van der Waals surface area (Å²) in [7, 11) is -11.5. The predicted octanol–water partition coefficient (Wildman–Crippen LogP) is 7.82. The van der Waals surface area contributed by atoms with Crippen LogP contribution in [0.5, 0.6) is 0 Å². The predicted molar refractivity (Wildman–Crippen MR) is 274 cm³/mol. The molecule has 0 radical (unpaired) electrons. The van der Waals surface area contributed by atoms with E-state index in [1.54, 1.807) is 0 Å². The average molecular weight is 1080 g/mol. The topological polar surface area (TPSA) is 314 Å². The van der Waals surface area contributed by atoms with E-state index in [0.717, 1.165) is 76.4 Å². The average Bonchev–Trinajstić information content (AvgIpc) is 3.33. The van der Waals surface area contributed by atoms with Crippen LogP contribution in [0.4, 0.5) is 0 Å². The number of cyclic esters (lactones) is 1. The molecular weight excluding hydrogens is 991 g/mol.